The second-order valence-corrected chi connectivity index (χ2v) is 2.99. The van der Waals surface area contributed by atoms with Gasteiger partial charge in [-0.2, -0.15) is 0 Å². The molecule has 0 atom stereocenters. The minimum absolute atomic E-state index is 0.222. The van der Waals surface area contributed by atoms with Crippen molar-refractivity contribution in [2.45, 2.75) is 19.8 Å². The molecule has 0 saturated heterocycles. The van der Waals surface area contributed by atoms with E-state index in [0.29, 0.717) is 11.1 Å². The van der Waals surface area contributed by atoms with Gasteiger partial charge in [0.05, 0.1) is 0 Å². The molecule has 0 radical (unpaired) electrons. The number of aromatic nitrogens is 2. The van der Waals surface area contributed by atoms with E-state index in [0.717, 1.165) is 5.56 Å². The summed E-state index contributed by atoms with van der Waals surface area (Å²) < 4.78 is 0. The van der Waals surface area contributed by atoms with E-state index in [-0.39, 0.29) is 5.95 Å². The molecule has 0 unspecified atom stereocenters. The molecule has 4 heteroatoms. The van der Waals surface area contributed by atoms with Crippen LogP contribution in [0.15, 0.2) is 6.20 Å². The van der Waals surface area contributed by atoms with E-state index in [4.69, 9.17) is 17.3 Å². The Morgan fingerprint density at radius 1 is 1.55 bits per heavy atom. The summed E-state index contributed by atoms with van der Waals surface area (Å²) >= 11 is 5.79. The predicted octanol–water partition coefficient (Wildman–Crippen LogP) is 1.84. The Hall–Kier alpha value is -0.830. The molecule has 60 valence electrons. The lowest BCUT2D eigenvalue weighted by Gasteiger charge is -2.05. The number of nitrogen functional groups attached to an aromatic ring is 1. The van der Waals surface area contributed by atoms with Gasteiger partial charge < -0.3 is 5.73 Å². The smallest absolute Gasteiger partial charge is 0.221 e. The zero-order valence-corrected chi connectivity index (χ0v) is 7.26. The Balaban J connectivity index is 3.09. The van der Waals surface area contributed by atoms with Gasteiger partial charge in [0.25, 0.3) is 0 Å². The van der Waals surface area contributed by atoms with Gasteiger partial charge in [-0.25, -0.2) is 9.97 Å². The standard InChI is InChI=1S/C7H10ClN3/c1-4(2)5-3-10-7(9)11-6(5)8/h3-4H,1-2H3,(H2,9,10,11). The van der Waals surface area contributed by atoms with Crippen molar-refractivity contribution in [3.05, 3.63) is 16.9 Å². The molecule has 0 saturated carbocycles. The van der Waals surface area contributed by atoms with Crippen molar-refractivity contribution in [3.8, 4) is 0 Å². The topological polar surface area (TPSA) is 51.8 Å². The third kappa shape index (κ3) is 1.80. The maximum Gasteiger partial charge on any atom is 0.221 e. The highest BCUT2D eigenvalue weighted by Crippen LogP contribution is 2.21. The summed E-state index contributed by atoms with van der Waals surface area (Å²) in [5.41, 5.74) is 6.25. The van der Waals surface area contributed by atoms with Crippen LogP contribution in [0.5, 0.6) is 0 Å². The average molecular weight is 172 g/mol. The van der Waals surface area contributed by atoms with Gasteiger partial charge in [0, 0.05) is 11.8 Å². The summed E-state index contributed by atoms with van der Waals surface area (Å²) in [5.74, 6) is 0.558. The molecule has 2 N–H and O–H groups in total. The molecule has 0 spiro atoms. The van der Waals surface area contributed by atoms with E-state index < -0.39 is 0 Å². The van der Waals surface area contributed by atoms with Crippen molar-refractivity contribution in [1.82, 2.24) is 9.97 Å². The van der Waals surface area contributed by atoms with E-state index in [1.54, 1.807) is 6.20 Å². The molecule has 0 aliphatic heterocycles. The van der Waals surface area contributed by atoms with Crippen LogP contribution in [0.4, 0.5) is 5.95 Å². The van der Waals surface area contributed by atoms with Crippen molar-refractivity contribution in [2.24, 2.45) is 0 Å². The minimum atomic E-state index is 0.222. The maximum absolute atomic E-state index is 5.79. The fourth-order valence-electron chi connectivity index (χ4n) is 0.770. The number of nitrogens with zero attached hydrogens (tertiary/aromatic N) is 2. The molecule has 1 aromatic heterocycles. The Bertz CT molecular complexity index is 260. The fourth-order valence-corrected chi connectivity index (χ4v) is 1.12. The molecule has 0 aliphatic rings. The van der Waals surface area contributed by atoms with Crippen LogP contribution in [-0.4, -0.2) is 9.97 Å². The number of nitrogens with two attached hydrogens (primary N) is 1. The zero-order chi connectivity index (χ0) is 8.43. The summed E-state index contributed by atoms with van der Waals surface area (Å²) in [6.45, 7) is 4.06. The van der Waals surface area contributed by atoms with Crippen LogP contribution in [0, 0.1) is 0 Å². The molecular formula is C7H10ClN3. The quantitative estimate of drug-likeness (QED) is 0.656. The molecule has 11 heavy (non-hydrogen) atoms. The van der Waals surface area contributed by atoms with Crippen LogP contribution < -0.4 is 5.73 Å². The Morgan fingerprint density at radius 2 is 2.18 bits per heavy atom. The summed E-state index contributed by atoms with van der Waals surface area (Å²) in [6, 6.07) is 0. The van der Waals surface area contributed by atoms with Crippen LogP contribution >= 0.6 is 11.6 Å². The summed E-state index contributed by atoms with van der Waals surface area (Å²) in [6.07, 6.45) is 1.66. The fraction of sp³-hybridized carbons (Fsp3) is 0.429. The van der Waals surface area contributed by atoms with Crippen LogP contribution in [0.2, 0.25) is 5.15 Å². The van der Waals surface area contributed by atoms with Crippen molar-refractivity contribution < 1.29 is 0 Å². The second kappa shape index (κ2) is 3.05. The van der Waals surface area contributed by atoms with Crippen molar-refractivity contribution in [2.75, 3.05) is 5.73 Å². The number of hydrogen-bond donors (Lipinski definition) is 1. The monoisotopic (exact) mass is 171 g/mol. The van der Waals surface area contributed by atoms with Gasteiger partial charge in [0.1, 0.15) is 5.15 Å². The number of anilines is 1. The average Bonchev–Trinajstić information content (AvgIpc) is 1.85. The Labute approximate surface area is 70.6 Å². The highest BCUT2D eigenvalue weighted by Gasteiger charge is 2.06. The first kappa shape index (κ1) is 8.27. The van der Waals surface area contributed by atoms with Crippen LogP contribution in [0.25, 0.3) is 0 Å². The van der Waals surface area contributed by atoms with E-state index in [2.05, 4.69) is 9.97 Å². The number of hydrogen-bond acceptors (Lipinski definition) is 3. The molecule has 0 fully saturated rings. The molecule has 1 rings (SSSR count). The lowest BCUT2D eigenvalue weighted by Crippen LogP contribution is -1.98. The number of rotatable bonds is 1. The maximum atomic E-state index is 5.79. The van der Waals surface area contributed by atoms with E-state index in [1.807, 2.05) is 13.8 Å². The third-order valence-corrected chi connectivity index (χ3v) is 1.71. The Kier molecular flexibility index (Phi) is 2.29. The molecule has 0 aliphatic carbocycles. The normalized spacial score (nSPS) is 10.5. The van der Waals surface area contributed by atoms with Gasteiger partial charge in [-0.05, 0) is 5.92 Å². The summed E-state index contributed by atoms with van der Waals surface area (Å²) in [5, 5.41) is 0.451. The van der Waals surface area contributed by atoms with Gasteiger partial charge >= 0.3 is 0 Å². The Morgan fingerprint density at radius 3 is 2.64 bits per heavy atom. The van der Waals surface area contributed by atoms with Crippen molar-refractivity contribution >= 4 is 17.5 Å². The van der Waals surface area contributed by atoms with Crippen molar-refractivity contribution in [1.29, 1.82) is 0 Å². The first-order chi connectivity index (χ1) is 5.11. The van der Waals surface area contributed by atoms with E-state index >= 15 is 0 Å². The van der Waals surface area contributed by atoms with E-state index in [9.17, 15) is 0 Å². The summed E-state index contributed by atoms with van der Waals surface area (Å²) in [7, 11) is 0. The van der Waals surface area contributed by atoms with Gasteiger partial charge in [-0.3, -0.25) is 0 Å². The SMILES string of the molecule is CC(C)c1cnc(N)nc1Cl. The van der Waals surface area contributed by atoms with Gasteiger partial charge in [-0.15, -0.1) is 0 Å². The van der Waals surface area contributed by atoms with Crippen LogP contribution in [0.1, 0.15) is 25.3 Å². The highest BCUT2D eigenvalue weighted by atomic mass is 35.5. The molecule has 3 nitrogen and oxygen atoms in total. The molecule has 1 aromatic rings. The van der Waals surface area contributed by atoms with Gasteiger partial charge in [0.2, 0.25) is 5.95 Å². The zero-order valence-electron chi connectivity index (χ0n) is 6.50. The van der Waals surface area contributed by atoms with Crippen LogP contribution in [-0.2, 0) is 0 Å². The molecule has 0 aromatic carbocycles. The molecular weight excluding hydrogens is 162 g/mol. The van der Waals surface area contributed by atoms with E-state index in [1.165, 1.54) is 0 Å². The second-order valence-electron chi connectivity index (χ2n) is 2.63. The minimum Gasteiger partial charge on any atom is -0.368 e. The van der Waals surface area contributed by atoms with Crippen LogP contribution in [0.3, 0.4) is 0 Å². The molecule has 0 bridgehead atoms. The lowest BCUT2D eigenvalue weighted by molar-refractivity contribution is 0.848. The molecule has 0 amide bonds. The van der Waals surface area contributed by atoms with Gasteiger partial charge in [-0.1, -0.05) is 25.4 Å². The largest absolute Gasteiger partial charge is 0.368 e. The third-order valence-electron chi connectivity index (χ3n) is 1.41. The molecule has 1 heterocycles. The lowest BCUT2D eigenvalue weighted by atomic mass is 10.1. The highest BCUT2D eigenvalue weighted by molar-refractivity contribution is 6.30. The summed E-state index contributed by atoms with van der Waals surface area (Å²) in [4.78, 5) is 7.67. The first-order valence-corrected chi connectivity index (χ1v) is 3.77. The van der Waals surface area contributed by atoms with Gasteiger partial charge in [0.15, 0.2) is 0 Å². The predicted molar refractivity (Wildman–Crippen MR) is 45.5 cm³/mol. The first-order valence-electron chi connectivity index (χ1n) is 3.39. The number of halogens is 1. The van der Waals surface area contributed by atoms with Crippen molar-refractivity contribution in [3.63, 3.8) is 0 Å².